The van der Waals surface area contributed by atoms with Crippen molar-refractivity contribution < 1.29 is 9.53 Å². The summed E-state index contributed by atoms with van der Waals surface area (Å²) in [4.78, 5) is 27.0. The molecule has 0 spiro atoms. The van der Waals surface area contributed by atoms with E-state index in [0.717, 1.165) is 37.4 Å². The van der Waals surface area contributed by atoms with Crippen LogP contribution in [-0.4, -0.2) is 47.1 Å². The fraction of sp³-hybridized carbons (Fsp3) is 0.273. The molecule has 1 aliphatic rings. The minimum atomic E-state index is -0.149. The molecule has 31 heavy (non-hydrogen) atoms. The summed E-state index contributed by atoms with van der Waals surface area (Å²) in [6, 6.07) is 14.6. The number of nitrogens with zero attached hydrogens (tertiary/aromatic N) is 4. The van der Waals surface area contributed by atoms with Gasteiger partial charge in [0.15, 0.2) is 0 Å². The molecule has 0 saturated carbocycles. The Morgan fingerprint density at radius 1 is 1.13 bits per heavy atom. The van der Waals surface area contributed by atoms with Crippen molar-refractivity contribution >= 4 is 35.1 Å². The summed E-state index contributed by atoms with van der Waals surface area (Å²) in [5.41, 5.74) is 1.29. The van der Waals surface area contributed by atoms with Crippen LogP contribution >= 0.6 is 11.6 Å². The lowest BCUT2D eigenvalue weighted by atomic mass is 10.1. The van der Waals surface area contributed by atoms with E-state index in [-0.39, 0.29) is 12.0 Å². The predicted molar refractivity (Wildman–Crippen MR) is 120 cm³/mol. The van der Waals surface area contributed by atoms with Gasteiger partial charge in [-0.1, -0.05) is 17.7 Å². The molecule has 0 atom stereocenters. The van der Waals surface area contributed by atoms with E-state index in [1.807, 2.05) is 30.3 Å². The zero-order valence-electron chi connectivity index (χ0n) is 17.1. The number of halogens is 1. The zero-order valence-corrected chi connectivity index (χ0v) is 17.8. The van der Waals surface area contributed by atoms with Crippen molar-refractivity contribution in [3.63, 3.8) is 0 Å². The first-order valence-corrected chi connectivity index (χ1v) is 10.4. The maximum absolute atomic E-state index is 11.8. The lowest BCUT2D eigenvalue weighted by Gasteiger charge is -2.32. The number of nitrogens with one attached hydrogen (secondary N) is 2. The zero-order chi connectivity index (χ0) is 21.6. The van der Waals surface area contributed by atoms with Gasteiger partial charge in [0.25, 0.3) is 5.91 Å². The molecule has 0 unspecified atom stereocenters. The average molecular weight is 439 g/mol. The monoisotopic (exact) mass is 438 g/mol. The molecule has 1 aliphatic heterocycles. The van der Waals surface area contributed by atoms with Crippen LogP contribution in [0.3, 0.4) is 0 Å². The van der Waals surface area contributed by atoms with Crippen LogP contribution in [0.15, 0.2) is 54.9 Å². The standard InChI is InChI=1S/C22H23ClN6O2/c1-24-20(30)15-3-2-4-17(13-15)27-21-25-14-26-22(28-21)29-11-9-19(10-12-29)31-18-7-5-16(23)6-8-18/h2-8,13-14,19H,9-12H2,1H3,(H,24,30)(H,25,26,27,28). The Labute approximate surface area is 185 Å². The number of hydrogen-bond acceptors (Lipinski definition) is 7. The van der Waals surface area contributed by atoms with Gasteiger partial charge in [0, 0.05) is 49.3 Å². The van der Waals surface area contributed by atoms with Gasteiger partial charge in [-0.15, -0.1) is 0 Å². The molecule has 1 saturated heterocycles. The third-order valence-corrected chi connectivity index (χ3v) is 5.26. The van der Waals surface area contributed by atoms with E-state index in [1.165, 1.54) is 6.33 Å². The third-order valence-electron chi connectivity index (χ3n) is 5.01. The van der Waals surface area contributed by atoms with Crippen molar-refractivity contribution in [1.29, 1.82) is 0 Å². The Hall–Kier alpha value is -3.39. The summed E-state index contributed by atoms with van der Waals surface area (Å²) in [6.45, 7) is 1.57. The number of piperidine rings is 1. The van der Waals surface area contributed by atoms with Gasteiger partial charge in [0.05, 0.1) is 0 Å². The molecule has 160 valence electrons. The summed E-state index contributed by atoms with van der Waals surface area (Å²) in [6.07, 6.45) is 3.37. The van der Waals surface area contributed by atoms with Crippen molar-refractivity contribution in [3.05, 3.63) is 65.4 Å². The summed E-state index contributed by atoms with van der Waals surface area (Å²) in [7, 11) is 1.60. The molecule has 2 N–H and O–H groups in total. The first kappa shape index (κ1) is 20.9. The number of benzene rings is 2. The van der Waals surface area contributed by atoms with Gasteiger partial charge in [-0.25, -0.2) is 9.97 Å². The number of carbonyl (C=O) groups excluding carboxylic acids is 1. The first-order chi connectivity index (χ1) is 15.1. The number of hydrogen-bond donors (Lipinski definition) is 2. The van der Waals surface area contributed by atoms with E-state index >= 15 is 0 Å². The SMILES string of the molecule is CNC(=O)c1cccc(Nc2ncnc(N3CCC(Oc4ccc(Cl)cc4)CC3)n2)c1. The molecule has 3 aromatic rings. The highest BCUT2D eigenvalue weighted by Gasteiger charge is 2.22. The largest absolute Gasteiger partial charge is 0.490 e. The number of rotatable bonds is 6. The quantitative estimate of drug-likeness (QED) is 0.606. The van der Waals surface area contributed by atoms with Gasteiger partial charge >= 0.3 is 0 Å². The molecular weight excluding hydrogens is 416 g/mol. The topological polar surface area (TPSA) is 92.3 Å². The van der Waals surface area contributed by atoms with Crippen molar-refractivity contribution in [1.82, 2.24) is 20.3 Å². The van der Waals surface area contributed by atoms with Crippen LogP contribution < -0.4 is 20.3 Å². The van der Waals surface area contributed by atoms with Crippen LogP contribution in [0.1, 0.15) is 23.2 Å². The van der Waals surface area contributed by atoms with Crippen molar-refractivity contribution in [2.75, 3.05) is 30.4 Å². The second kappa shape index (κ2) is 9.61. The normalized spacial score (nSPS) is 14.2. The van der Waals surface area contributed by atoms with Crippen LogP contribution in [0.2, 0.25) is 5.02 Å². The van der Waals surface area contributed by atoms with E-state index in [4.69, 9.17) is 16.3 Å². The Kier molecular flexibility index (Phi) is 6.47. The highest BCUT2D eigenvalue weighted by Crippen LogP contribution is 2.23. The number of amides is 1. The van der Waals surface area contributed by atoms with E-state index in [1.54, 1.807) is 25.2 Å². The van der Waals surface area contributed by atoms with Crippen molar-refractivity contribution in [3.8, 4) is 5.75 Å². The predicted octanol–water partition coefficient (Wildman–Crippen LogP) is 3.68. The highest BCUT2D eigenvalue weighted by atomic mass is 35.5. The Morgan fingerprint density at radius 3 is 2.65 bits per heavy atom. The second-order valence-corrected chi connectivity index (χ2v) is 7.59. The Bertz CT molecular complexity index is 1040. The lowest BCUT2D eigenvalue weighted by Crippen LogP contribution is -2.39. The second-order valence-electron chi connectivity index (χ2n) is 7.15. The summed E-state index contributed by atoms with van der Waals surface area (Å²) < 4.78 is 6.05. The van der Waals surface area contributed by atoms with Crippen LogP contribution in [0, 0.1) is 0 Å². The van der Waals surface area contributed by atoms with E-state index in [2.05, 4.69) is 30.5 Å². The number of carbonyl (C=O) groups is 1. The minimum Gasteiger partial charge on any atom is -0.490 e. The molecule has 1 aromatic heterocycles. The Balaban J connectivity index is 1.37. The first-order valence-electron chi connectivity index (χ1n) is 10.1. The fourth-order valence-electron chi connectivity index (χ4n) is 3.39. The molecule has 1 fully saturated rings. The molecule has 2 heterocycles. The van der Waals surface area contributed by atoms with Crippen LogP contribution in [0.4, 0.5) is 17.6 Å². The van der Waals surface area contributed by atoms with Crippen LogP contribution in [0.25, 0.3) is 0 Å². The van der Waals surface area contributed by atoms with Gasteiger partial charge in [0.1, 0.15) is 18.2 Å². The van der Waals surface area contributed by atoms with Gasteiger partial charge in [-0.3, -0.25) is 4.79 Å². The smallest absolute Gasteiger partial charge is 0.251 e. The molecule has 0 radical (unpaired) electrons. The van der Waals surface area contributed by atoms with Gasteiger partial charge < -0.3 is 20.3 Å². The number of aromatic nitrogens is 3. The number of ether oxygens (including phenoxy) is 1. The van der Waals surface area contributed by atoms with Crippen LogP contribution in [0.5, 0.6) is 5.75 Å². The summed E-state index contributed by atoms with van der Waals surface area (Å²) in [5.74, 6) is 1.72. The molecule has 0 bridgehead atoms. The van der Waals surface area contributed by atoms with Gasteiger partial charge in [-0.05, 0) is 42.5 Å². The van der Waals surface area contributed by atoms with E-state index in [9.17, 15) is 4.79 Å². The average Bonchev–Trinajstić information content (AvgIpc) is 2.81. The van der Waals surface area contributed by atoms with Crippen molar-refractivity contribution in [2.45, 2.75) is 18.9 Å². The fourth-order valence-corrected chi connectivity index (χ4v) is 3.52. The number of anilines is 3. The van der Waals surface area contributed by atoms with Crippen LogP contribution in [-0.2, 0) is 0 Å². The summed E-state index contributed by atoms with van der Waals surface area (Å²) >= 11 is 5.93. The maximum Gasteiger partial charge on any atom is 0.251 e. The molecule has 0 aliphatic carbocycles. The Morgan fingerprint density at radius 2 is 1.90 bits per heavy atom. The molecule has 4 rings (SSSR count). The molecule has 1 amide bonds. The maximum atomic E-state index is 11.8. The lowest BCUT2D eigenvalue weighted by molar-refractivity contribution is 0.0963. The molecular formula is C22H23ClN6O2. The molecule has 9 heteroatoms. The van der Waals surface area contributed by atoms with Gasteiger partial charge in [-0.2, -0.15) is 4.98 Å². The van der Waals surface area contributed by atoms with E-state index < -0.39 is 0 Å². The van der Waals surface area contributed by atoms with Gasteiger partial charge in [0.2, 0.25) is 11.9 Å². The summed E-state index contributed by atoms with van der Waals surface area (Å²) in [5, 5.41) is 6.46. The van der Waals surface area contributed by atoms with E-state index in [0.29, 0.717) is 22.5 Å². The molecule has 8 nitrogen and oxygen atoms in total. The third kappa shape index (κ3) is 5.40. The highest BCUT2D eigenvalue weighted by molar-refractivity contribution is 6.30. The molecule has 2 aromatic carbocycles. The minimum absolute atomic E-state index is 0.143. The van der Waals surface area contributed by atoms with Crippen molar-refractivity contribution in [2.24, 2.45) is 0 Å².